The van der Waals surface area contributed by atoms with Gasteiger partial charge in [-0.05, 0) is 49.2 Å². The Bertz CT molecular complexity index is 1630. The monoisotopic (exact) mass is 641 g/mol. The van der Waals surface area contributed by atoms with Crippen molar-refractivity contribution in [1.82, 2.24) is 4.98 Å². The molecule has 7 nitrogen and oxygen atoms in total. The molecule has 13 heteroatoms. The third-order valence-corrected chi connectivity index (χ3v) is 9.61. The molecule has 0 bridgehead atoms. The lowest BCUT2D eigenvalue weighted by molar-refractivity contribution is -0.115. The summed E-state index contributed by atoms with van der Waals surface area (Å²) in [4.78, 5) is 43.1. The van der Waals surface area contributed by atoms with Crippen LogP contribution in [0.3, 0.4) is 0 Å². The fourth-order valence-corrected chi connectivity index (χ4v) is 6.64. The first-order valence-corrected chi connectivity index (χ1v) is 14.6. The molecule has 0 spiro atoms. The van der Waals surface area contributed by atoms with Gasteiger partial charge in [0.05, 0.1) is 46.7 Å². The Labute approximate surface area is 251 Å². The van der Waals surface area contributed by atoms with Gasteiger partial charge >= 0.3 is 5.97 Å². The molecule has 0 aliphatic rings. The zero-order valence-corrected chi connectivity index (χ0v) is 24.9. The van der Waals surface area contributed by atoms with E-state index >= 15 is 0 Å². The number of carbonyl (C=O) groups is 3. The number of anilines is 2. The van der Waals surface area contributed by atoms with E-state index in [9.17, 15) is 19.5 Å². The molecule has 2 amide bonds. The number of rotatable bonds is 8. The minimum absolute atomic E-state index is 0.198. The van der Waals surface area contributed by atoms with E-state index in [1.54, 1.807) is 24.3 Å². The molecule has 1 aromatic heterocycles. The maximum atomic E-state index is 13.1. The van der Waals surface area contributed by atoms with E-state index in [1.165, 1.54) is 23.1 Å². The highest BCUT2D eigenvalue weighted by Crippen LogP contribution is 2.42. The van der Waals surface area contributed by atoms with Gasteiger partial charge in [-0.25, -0.2) is 9.78 Å². The van der Waals surface area contributed by atoms with E-state index in [-0.39, 0.29) is 21.0 Å². The smallest absolute Gasteiger partial charge is 0.338 e. The van der Waals surface area contributed by atoms with Crippen molar-refractivity contribution in [3.05, 3.63) is 79.2 Å². The van der Waals surface area contributed by atoms with Gasteiger partial charge in [0.15, 0.2) is 5.13 Å². The molecule has 0 radical (unpaired) electrons. The molecule has 4 aromatic rings. The van der Waals surface area contributed by atoms with Crippen LogP contribution in [0.4, 0.5) is 10.8 Å². The standard InChI is InChI=1S/C26H19Cl4N3O4S2/c1-3-15(23(34)33-26-32-14-8-7-11(2)9-16(14)39-26)38-13-6-4-5-12(10-13)31-24(35)17-18(25(36)37)20(28)22(30)21(29)19(17)27/h4-10,15H,3H2,1-2H3,(H,31,35)(H,36,37)(H,32,33,34). The largest absolute Gasteiger partial charge is 0.478 e. The average Bonchev–Trinajstić information content (AvgIpc) is 3.28. The topological polar surface area (TPSA) is 108 Å². The number of amides is 2. The second-order valence-electron chi connectivity index (χ2n) is 8.29. The summed E-state index contributed by atoms with van der Waals surface area (Å²) in [5, 5.41) is 14.0. The summed E-state index contributed by atoms with van der Waals surface area (Å²) in [6.07, 6.45) is 0.538. The van der Waals surface area contributed by atoms with E-state index in [2.05, 4.69) is 15.6 Å². The highest BCUT2D eigenvalue weighted by atomic mass is 35.5. The summed E-state index contributed by atoms with van der Waals surface area (Å²) < 4.78 is 0.990. The van der Waals surface area contributed by atoms with Crippen molar-refractivity contribution < 1.29 is 19.5 Å². The van der Waals surface area contributed by atoms with Crippen molar-refractivity contribution in [2.24, 2.45) is 0 Å². The summed E-state index contributed by atoms with van der Waals surface area (Å²) in [5.74, 6) is -2.53. The van der Waals surface area contributed by atoms with Crippen LogP contribution in [0.15, 0.2) is 47.4 Å². The van der Waals surface area contributed by atoms with Crippen molar-refractivity contribution >= 4 is 108 Å². The number of aryl methyl sites for hydroxylation is 1. The van der Waals surface area contributed by atoms with Gasteiger partial charge in [-0.3, -0.25) is 9.59 Å². The molecule has 39 heavy (non-hydrogen) atoms. The highest BCUT2D eigenvalue weighted by Gasteiger charge is 2.29. The van der Waals surface area contributed by atoms with Crippen molar-refractivity contribution in [3.8, 4) is 0 Å². The molecule has 0 aliphatic carbocycles. The summed E-state index contributed by atoms with van der Waals surface area (Å²) in [6, 6.07) is 12.7. The van der Waals surface area contributed by atoms with Crippen LogP contribution < -0.4 is 10.6 Å². The lowest BCUT2D eigenvalue weighted by atomic mass is 10.1. The fraction of sp³-hybridized carbons (Fsp3) is 0.154. The molecular weight excluding hydrogens is 624 g/mol. The summed E-state index contributed by atoms with van der Waals surface area (Å²) in [7, 11) is 0. The van der Waals surface area contributed by atoms with Gasteiger partial charge in [0.1, 0.15) is 0 Å². The van der Waals surface area contributed by atoms with Gasteiger partial charge in [-0.15, -0.1) is 11.8 Å². The Morgan fingerprint density at radius 1 is 0.974 bits per heavy atom. The molecule has 0 saturated heterocycles. The van der Waals surface area contributed by atoms with Crippen LogP contribution in [0.5, 0.6) is 0 Å². The molecule has 202 valence electrons. The van der Waals surface area contributed by atoms with Gasteiger partial charge in [0.25, 0.3) is 5.91 Å². The van der Waals surface area contributed by atoms with E-state index in [4.69, 9.17) is 46.4 Å². The third-order valence-electron chi connectivity index (χ3n) is 5.52. The maximum Gasteiger partial charge on any atom is 0.338 e. The van der Waals surface area contributed by atoms with Gasteiger partial charge < -0.3 is 15.7 Å². The number of carboxylic acid groups (broad SMARTS) is 1. The number of carboxylic acids is 1. The lowest BCUT2D eigenvalue weighted by Crippen LogP contribution is -2.24. The number of fused-ring (bicyclic) bond motifs is 1. The predicted octanol–water partition coefficient (Wildman–Crippen LogP) is 8.68. The van der Waals surface area contributed by atoms with Crippen LogP contribution in [0.1, 0.15) is 39.6 Å². The molecular formula is C26H19Cl4N3O4S2. The van der Waals surface area contributed by atoms with Crippen LogP contribution in [0.25, 0.3) is 10.2 Å². The Hall–Kier alpha value is -2.53. The normalized spacial score (nSPS) is 11.8. The first kappa shape index (κ1) is 29.5. The van der Waals surface area contributed by atoms with E-state index in [0.29, 0.717) is 22.1 Å². The molecule has 1 heterocycles. The van der Waals surface area contributed by atoms with Crippen molar-refractivity contribution in [2.75, 3.05) is 10.6 Å². The molecule has 3 aromatic carbocycles. The summed E-state index contributed by atoms with van der Waals surface area (Å²) >= 11 is 27.0. The minimum Gasteiger partial charge on any atom is -0.478 e. The number of nitrogens with one attached hydrogen (secondary N) is 2. The number of carbonyl (C=O) groups excluding carboxylic acids is 2. The zero-order valence-electron chi connectivity index (χ0n) is 20.3. The number of benzene rings is 3. The number of hydrogen-bond donors (Lipinski definition) is 3. The fourth-order valence-electron chi connectivity index (χ4n) is 3.64. The predicted molar refractivity (Wildman–Crippen MR) is 161 cm³/mol. The first-order chi connectivity index (χ1) is 18.5. The van der Waals surface area contributed by atoms with Crippen molar-refractivity contribution in [1.29, 1.82) is 0 Å². The highest BCUT2D eigenvalue weighted by molar-refractivity contribution is 8.00. The molecule has 1 unspecified atom stereocenters. The number of halogens is 4. The van der Waals surface area contributed by atoms with Crippen LogP contribution >= 0.6 is 69.5 Å². The molecule has 0 saturated carbocycles. The van der Waals surface area contributed by atoms with Gasteiger partial charge in [-0.1, -0.05) is 76.8 Å². The molecule has 0 aliphatic heterocycles. The van der Waals surface area contributed by atoms with Gasteiger partial charge in [-0.2, -0.15) is 0 Å². The first-order valence-electron chi connectivity index (χ1n) is 11.4. The number of nitrogens with zero attached hydrogens (tertiary/aromatic N) is 1. The molecule has 4 rings (SSSR count). The minimum atomic E-state index is -1.49. The Morgan fingerprint density at radius 2 is 1.67 bits per heavy atom. The van der Waals surface area contributed by atoms with Crippen LogP contribution in [0.2, 0.25) is 20.1 Å². The Morgan fingerprint density at radius 3 is 2.33 bits per heavy atom. The number of thioether (sulfide) groups is 1. The number of hydrogen-bond acceptors (Lipinski definition) is 6. The Balaban J connectivity index is 1.51. The Kier molecular flexibility index (Phi) is 9.31. The second-order valence-corrected chi connectivity index (χ2v) is 12.1. The zero-order chi connectivity index (χ0) is 28.4. The molecule has 1 atom stereocenters. The van der Waals surface area contributed by atoms with Crippen LogP contribution in [0, 0.1) is 6.92 Å². The lowest BCUT2D eigenvalue weighted by Gasteiger charge is -2.16. The third kappa shape index (κ3) is 6.45. The van der Waals surface area contributed by atoms with Gasteiger partial charge in [0, 0.05) is 10.6 Å². The van der Waals surface area contributed by atoms with Crippen molar-refractivity contribution in [2.45, 2.75) is 30.4 Å². The molecule has 3 N–H and O–H groups in total. The van der Waals surface area contributed by atoms with Crippen LogP contribution in [-0.2, 0) is 4.79 Å². The maximum absolute atomic E-state index is 13.1. The van der Waals surface area contributed by atoms with E-state index in [1.807, 2.05) is 32.0 Å². The van der Waals surface area contributed by atoms with Gasteiger partial charge in [0.2, 0.25) is 5.91 Å². The average molecular weight is 643 g/mol. The number of aromatic nitrogens is 1. The van der Waals surface area contributed by atoms with E-state index < -0.39 is 33.3 Å². The van der Waals surface area contributed by atoms with Crippen LogP contribution in [-0.4, -0.2) is 33.1 Å². The van der Waals surface area contributed by atoms with E-state index in [0.717, 1.165) is 15.8 Å². The number of thiazole rings is 1. The summed E-state index contributed by atoms with van der Waals surface area (Å²) in [5.41, 5.74) is 1.29. The SMILES string of the molecule is CCC(Sc1cccc(NC(=O)c2c(Cl)c(Cl)c(Cl)c(Cl)c2C(=O)O)c1)C(=O)Nc1nc2ccc(C)cc2s1. The second kappa shape index (κ2) is 12.3. The molecule has 0 fully saturated rings. The quantitative estimate of drug-likeness (QED) is 0.101. The van der Waals surface area contributed by atoms with Crippen molar-refractivity contribution in [3.63, 3.8) is 0 Å². The number of aromatic carboxylic acids is 1. The summed E-state index contributed by atoms with van der Waals surface area (Å²) in [6.45, 7) is 3.89.